The smallest absolute Gasteiger partial charge is 0.259 e. The van der Waals surface area contributed by atoms with E-state index in [0.29, 0.717) is 5.69 Å². The Morgan fingerprint density at radius 1 is 1.16 bits per heavy atom. The highest BCUT2D eigenvalue weighted by Gasteiger charge is 2.22. The summed E-state index contributed by atoms with van der Waals surface area (Å²) >= 11 is 0. The normalized spacial score (nSPS) is 10.9. The van der Waals surface area contributed by atoms with E-state index in [0.717, 1.165) is 5.56 Å². The molecule has 0 saturated heterocycles. The van der Waals surface area contributed by atoms with Crippen LogP contribution in [0.5, 0.6) is 5.95 Å². The number of aromatic nitrogens is 2. The maximum atomic E-state index is 12.3. The van der Waals surface area contributed by atoms with E-state index in [-0.39, 0.29) is 18.1 Å². The maximum Gasteiger partial charge on any atom is 0.259 e. The van der Waals surface area contributed by atoms with Crippen molar-refractivity contribution in [1.29, 1.82) is 0 Å². The third kappa shape index (κ3) is 3.92. The molecular weight excluding hydrogens is 318 g/mol. The average Bonchev–Trinajstić information content (AvgIpc) is 3.02. The lowest BCUT2D eigenvalue weighted by Gasteiger charge is -2.12. The number of amides is 1. The van der Waals surface area contributed by atoms with Crippen molar-refractivity contribution in [2.24, 2.45) is 0 Å². The lowest BCUT2D eigenvalue weighted by molar-refractivity contribution is -0.678. The van der Waals surface area contributed by atoms with Gasteiger partial charge in [-0.3, -0.25) is 4.79 Å². The molecule has 0 fully saturated rings. The average molecular weight is 335 g/mol. The van der Waals surface area contributed by atoms with E-state index in [1.165, 1.54) is 15.7 Å². The second kappa shape index (κ2) is 7.44. The molecule has 0 aliphatic rings. The first kappa shape index (κ1) is 16.4. The highest BCUT2D eigenvalue weighted by molar-refractivity contribution is 5.91. The molecule has 25 heavy (non-hydrogen) atoms. The molecule has 1 amide bonds. The van der Waals surface area contributed by atoms with Crippen LogP contribution in [-0.2, 0) is 11.3 Å². The molecule has 3 rings (SSSR count). The molecule has 0 spiro atoms. The maximum absolute atomic E-state index is 12.3. The van der Waals surface area contributed by atoms with E-state index < -0.39 is 5.95 Å². The molecule has 2 aromatic carbocycles. The van der Waals surface area contributed by atoms with Gasteiger partial charge in [0.05, 0.1) is 5.27 Å². The lowest BCUT2D eigenvalue weighted by Crippen LogP contribution is -2.40. The van der Waals surface area contributed by atoms with Gasteiger partial charge in [0.1, 0.15) is 6.54 Å². The van der Waals surface area contributed by atoms with Gasteiger partial charge in [-0.05, 0) is 16.3 Å². The van der Waals surface area contributed by atoms with Crippen LogP contribution in [0, 0.1) is 0 Å². The van der Waals surface area contributed by atoms with Crippen molar-refractivity contribution < 1.29 is 19.1 Å². The molecule has 0 atom stereocenters. The second-order valence-corrected chi connectivity index (χ2v) is 5.49. The number of rotatable bonds is 5. The van der Waals surface area contributed by atoms with Crippen LogP contribution in [0.25, 0.3) is 11.8 Å². The molecule has 3 aromatic rings. The predicted molar refractivity (Wildman–Crippen MR) is 89.4 cm³/mol. The minimum atomic E-state index is -0.560. The Morgan fingerprint density at radius 2 is 1.80 bits per heavy atom. The zero-order valence-electron chi connectivity index (χ0n) is 13.7. The molecule has 0 radical (unpaired) electrons. The van der Waals surface area contributed by atoms with Crippen LogP contribution in [0.2, 0.25) is 0 Å². The van der Waals surface area contributed by atoms with Crippen molar-refractivity contribution in [2.45, 2.75) is 6.54 Å². The quantitative estimate of drug-likeness (QED) is 0.525. The lowest BCUT2D eigenvalue weighted by atomic mass is 10.2. The fourth-order valence-corrected chi connectivity index (χ4v) is 2.33. The number of likely N-dealkylation sites (N-methyl/N-ethyl adjacent to an activating group) is 1. The number of hydrogen-bond acceptors (Lipinski definition) is 4. The monoisotopic (exact) mass is 335 g/mol. The number of nitrogens with zero attached hydrogens (tertiary/aromatic N) is 3. The minimum absolute atomic E-state index is 0.0925. The van der Waals surface area contributed by atoms with Crippen LogP contribution in [0.4, 0.5) is 0 Å². The van der Waals surface area contributed by atoms with E-state index in [9.17, 15) is 9.90 Å². The topological polar surface area (TPSA) is 73.3 Å². The summed E-state index contributed by atoms with van der Waals surface area (Å²) in [5, 5.41) is 15.7. The number of para-hydroxylation sites is 1. The number of hydrogen-bond donors (Lipinski definition) is 0. The highest BCUT2D eigenvalue weighted by atomic mass is 16.6. The predicted octanol–water partition coefficient (Wildman–Crippen LogP) is 1.70. The molecule has 0 aliphatic heterocycles. The Balaban J connectivity index is 1.75. The van der Waals surface area contributed by atoms with E-state index in [1.807, 2.05) is 60.7 Å². The summed E-state index contributed by atoms with van der Waals surface area (Å²) in [6.07, 6.45) is 3.20. The highest BCUT2D eigenvalue weighted by Crippen LogP contribution is 2.13. The van der Waals surface area contributed by atoms with Crippen LogP contribution in [0.3, 0.4) is 0 Å². The summed E-state index contributed by atoms with van der Waals surface area (Å²) in [6, 6.07) is 18.7. The number of benzene rings is 2. The second-order valence-electron chi connectivity index (χ2n) is 5.49. The van der Waals surface area contributed by atoms with Gasteiger partial charge in [0, 0.05) is 25.3 Å². The molecule has 1 heterocycles. The van der Waals surface area contributed by atoms with Crippen LogP contribution in [0.1, 0.15) is 11.3 Å². The largest absolute Gasteiger partial charge is 0.539 e. The zero-order valence-corrected chi connectivity index (χ0v) is 13.7. The fraction of sp³-hybridized carbons (Fsp3) is 0.105. The van der Waals surface area contributed by atoms with Gasteiger partial charge in [0.2, 0.25) is 11.6 Å². The zero-order chi connectivity index (χ0) is 17.6. The van der Waals surface area contributed by atoms with Gasteiger partial charge >= 0.3 is 0 Å². The Hall–Kier alpha value is -3.41. The summed E-state index contributed by atoms with van der Waals surface area (Å²) < 4.78 is 6.17. The van der Waals surface area contributed by atoms with E-state index >= 15 is 0 Å². The van der Waals surface area contributed by atoms with Crippen molar-refractivity contribution >= 4 is 12.0 Å². The standard InChI is InChI=1S/C19H17N3O3/c1-21(18(23)13-12-15-8-4-2-5-9-15)14-17-19(24)25-20-22(17)16-10-6-3-7-11-16/h2-13H,14H2,1H3/b13-12+. The van der Waals surface area contributed by atoms with Gasteiger partial charge < -0.3 is 14.5 Å². The van der Waals surface area contributed by atoms with Gasteiger partial charge in [-0.2, -0.15) is 0 Å². The van der Waals surface area contributed by atoms with Crippen molar-refractivity contribution in [2.75, 3.05) is 7.05 Å². The van der Waals surface area contributed by atoms with Gasteiger partial charge in [-0.25, -0.2) is 0 Å². The first-order valence-electron chi connectivity index (χ1n) is 7.76. The fourth-order valence-electron chi connectivity index (χ4n) is 2.33. The van der Waals surface area contributed by atoms with Gasteiger partial charge in [0.15, 0.2) is 5.95 Å². The first-order valence-corrected chi connectivity index (χ1v) is 7.76. The molecule has 1 aromatic heterocycles. The first-order chi connectivity index (χ1) is 12.1. The number of carbonyl (C=O) groups excluding carboxylic acids is 1. The van der Waals surface area contributed by atoms with Crippen LogP contribution in [-0.4, -0.2) is 23.1 Å². The van der Waals surface area contributed by atoms with Crippen LogP contribution in [0.15, 0.2) is 71.3 Å². The summed E-state index contributed by atoms with van der Waals surface area (Å²) in [7, 11) is 1.62. The number of carbonyl (C=O) groups is 1. The van der Waals surface area contributed by atoms with E-state index in [1.54, 1.807) is 13.1 Å². The van der Waals surface area contributed by atoms with Crippen LogP contribution >= 0.6 is 0 Å². The summed E-state index contributed by atoms with van der Waals surface area (Å²) in [5.74, 6) is -0.778. The Labute approximate surface area is 145 Å². The Bertz CT molecular complexity index is 873. The van der Waals surface area contributed by atoms with Gasteiger partial charge in [-0.15, -0.1) is 0 Å². The van der Waals surface area contributed by atoms with Crippen LogP contribution < -0.4 is 9.79 Å². The molecule has 0 saturated carbocycles. The SMILES string of the molecule is CN(Cc1c([O-])on[n+]1-c1ccccc1)C(=O)/C=C/c1ccccc1. The molecule has 0 N–H and O–H groups in total. The van der Waals surface area contributed by atoms with Crippen molar-refractivity contribution in [1.82, 2.24) is 10.2 Å². The van der Waals surface area contributed by atoms with Crippen molar-refractivity contribution in [3.05, 3.63) is 78.0 Å². The van der Waals surface area contributed by atoms with Crippen molar-refractivity contribution in [3.8, 4) is 11.6 Å². The Morgan fingerprint density at radius 3 is 2.48 bits per heavy atom. The molecule has 6 heteroatoms. The molecule has 6 nitrogen and oxygen atoms in total. The summed E-state index contributed by atoms with van der Waals surface area (Å²) in [5.41, 5.74) is 1.91. The molecular formula is C19H17N3O3. The third-order valence-electron chi connectivity index (χ3n) is 3.68. The molecule has 126 valence electrons. The van der Waals surface area contributed by atoms with E-state index in [2.05, 4.69) is 5.27 Å². The summed E-state index contributed by atoms with van der Waals surface area (Å²) in [4.78, 5) is 13.7. The van der Waals surface area contributed by atoms with Gasteiger partial charge in [-0.1, -0.05) is 48.5 Å². The third-order valence-corrected chi connectivity index (χ3v) is 3.68. The summed E-state index contributed by atoms with van der Waals surface area (Å²) in [6.45, 7) is 0.0925. The minimum Gasteiger partial charge on any atom is -0.539 e. The van der Waals surface area contributed by atoms with Crippen molar-refractivity contribution in [3.63, 3.8) is 0 Å². The Kier molecular flexibility index (Phi) is 4.89. The van der Waals surface area contributed by atoms with E-state index in [4.69, 9.17) is 4.52 Å². The van der Waals surface area contributed by atoms with Gasteiger partial charge in [0.25, 0.3) is 5.69 Å². The molecule has 0 bridgehead atoms. The molecule has 0 unspecified atom stereocenters. The molecule has 0 aliphatic carbocycles.